The molecule has 0 aliphatic heterocycles. The zero-order valence-electron chi connectivity index (χ0n) is 20.8. The van der Waals surface area contributed by atoms with E-state index in [0.29, 0.717) is 33.9 Å². The van der Waals surface area contributed by atoms with Crippen molar-refractivity contribution in [3.05, 3.63) is 110 Å². The molecular formula is C29H28N4O4S. The first-order valence-corrected chi connectivity index (χ1v) is 13.7. The van der Waals surface area contributed by atoms with E-state index < -0.39 is 4.92 Å². The molecule has 0 saturated heterocycles. The SMILES string of the molecule is O=C(NC1CCCCC1)c1ccc(Cn2c(SCc3cccc([N+](=O)[O-])c3)nc3ccccc3c2=O)cc1. The Labute approximate surface area is 224 Å². The maximum Gasteiger partial charge on any atom is 0.269 e. The number of nitro groups is 1. The van der Waals surface area contributed by atoms with Gasteiger partial charge < -0.3 is 5.32 Å². The second-order valence-electron chi connectivity index (χ2n) is 9.52. The van der Waals surface area contributed by atoms with E-state index in [1.165, 1.54) is 30.3 Å². The number of nitrogens with one attached hydrogen (secondary N) is 1. The van der Waals surface area contributed by atoms with Crippen LogP contribution in [0.4, 0.5) is 5.69 Å². The van der Waals surface area contributed by atoms with E-state index in [2.05, 4.69) is 5.32 Å². The van der Waals surface area contributed by atoms with E-state index in [4.69, 9.17) is 4.98 Å². The zero-order valence-corrected chi connectivity index (χ0v) is 21.7. The number of para-hydroxylation sites is 1. The number of hydrogen-bond acceptors (Lipinski definition) is 6. The van der Waals surface area contributed by atoms with Crippen molar-refractivity contribution >= 4 is 34.3 Å². The molecule has 1 amide bonds. The van der Waals surface area contributed by atoms with Crippen LogP contribution >= 0.6 is 11.8 Å². The molecule has 9 heteroatoms. The fourth-order valence-corrected chi connectivity index (χ4v) is 5.71. The summed E-state index contributed by atoms with van der Waals surface area (Å²) in [5, 5.41) is 15.3. The smallest absolute Gasteiger partial charge is 0.269 e. The maximum atomic E-state index is 13.5. The molecular weight excluding hydrogens is 500 g/mol. The van der Waals surface area contributed by atoms with Gasteiger partial charge in [0.1, 0.15) is 0 Å². The van der Waals surface area contributed by atoms with E-state index in [1.807, 2.05) is 30.3 Å². The average Bonchev–Trinajstić information content (AvgIpc) is 2.94. The number of non-ortho nitro benzene ring substituents is 1. The number of carbonyl (C=O) groups is 1. The van der Waals surface area contributed by atoms with Gasteiger partial charge in [-0.2, -0.15) is 0 Å². The van der Waals surface area contributed by atoms with Gasteiger partial charge in [0.2, 0.25) is 0 Å². The van der Waals surface area contributed by atoms with Crippen molar-refractivity contribution in [1.29, 1.82) is 0 Å². The molecule has 1 aromatic heterocycles. The molecule has 8 nitrogen and oxygen atoms in total. The Hall–Kier alpha value is -3.98. The molecule has 1 saturated carbocycles. The first kappa shape index (κ1) is 25.7. The van der Waals surface area contributed by atoms with Gasteiger partial charge in [-0.25, -0.2) is 4.98 Å². The minimum atomic E-state index is -0.419. The fraction of sp³-hybridized carbons (Fsp3) is 0.276. The van der Waals surface area contributed by atoms with E-state index in [1.54, 1.807) is 34.9 Å². The first-order chi connectivity index (χ1) is 18.5. The predicted molar refractivity (Wildman–Crippen MR) is 149 cm³/mol. The third kappa shape index (κ3) is 5.94. The number of nitro benzene ring substituents is 1. The summed E-state index contributed by atoms with van der Waals surface area (Å²) in [6, 6.07) is 21.2. The van der Waals surface area contributed by atoms with Crippen LogP contribution in [0.3, 0.4) is 0 Å². The summed E-state index contributed by atoms with van der Waals surface area (Å²) in [4.78, 5) is 41.6. The highest BCUT2D eigenvalue weighted by molar-refractivity contribution is 7.98. The average molecular weight is 529 g/mol. The van der Waals surface area contributed by atoms with Crippen LogP contribution in [0.5, 0.6) is 0 Å². The molecule has 194 valence electrons. The third-order valence-corrected chi connectivity index (χ3v) is 7.86. The second-order valence-corrected chi connectivity index (χ2v) is 10.5. The van der Waals surface area contributed by atoms with Crippen LogP contribution in [0, 0.1) is 10.1 Å². The lowest BCUT2D eigenvalue weighted by Crippen LogP contribution is -2.36. The zero-order chi connectivity index (χ0) is 26.5. The quantitative estimate of drug-likeness (QED) is 0.136. The molecule has 1 aliphatic rings. The molecule has 0 atom stereocenters. The summed E-state index contributed by atoms with van der Waals surface area (Å²) in [6.07, 6.45) is 5.59. The molecule has 4 aromatic rings. The maximum absolute atomic E-state index is 13.5. The lowest BCUT2D eigenvalue weighted by Gasteiger charge is -2.22. The molecule has 1 N–H and O–H groups in total. The molecule has 38 heavy (non-hydrogen) atoms. The normalized spacial score (nSPS) is 13.9. The van der Waals surface area contributed by atoms with Crippen molar-refractivity contribution in [2.75, 3.05) is 0 Å². The summed E-state index contributed by atoms with van der Waals surface area (Å²) in [7, 11) is 0. The van der Waals surface area contributed by atoms with Gasteiger partial charge in [-0.05, 0) is 48.2 Å². The van der Waals surface area contributed by atoms with Crippen molar-refractivity contribution in [1.82, 2.24) is 14.9 Å². The van der Waals surface area contributed by atoms with Gasteiger partial charge in [-0.15, -0.1) is 0 Å². The molecule has 1 aliphatic carbocycles. The molecule has 0 radical (unpaired) electrons. The number of benzene rings is 3. The van der Waals surface area contributed by atoms with Gasteiger partial charge >= 0.3 is 0 Å². The van der Waals surface area contributed by atoms with Crippen molar-refractivity contribution < 1.29 is 9.72 Å². The number of thioether (sulfide) groups is 1. The molecule has 0 bridgehead atoms. The monoisotopic (exact) mass is 528 g/mol. The van der Waals surface area contributed by atoms with Crippen molar-refractivity contribution in [2.24, 2.45) is 0 Å². The van der Waals surface area contributed by atoms with Gasteiger partial charge in [0.25, 0.3) is 17.2 Å². The number of carbonyl (C=O) groups excluding carboxylic acids is 1. The Morgan fingerprint density at radius 2 is 1.76 bits per heavy atom. The van der Waals surface area contributed by atoms with E-state index in [-0.39, 0.29) is 23.2 Å². The number of hydrogen-bond donors (Lipinski definition) is 1. The van der Waals surface area contributed by atoms with Crippen LogP contribution in [0.2, 0.25) is 0 Å². The number of nitrogens with zero attached hydrogens (tertiary/aromatic N) is 3. The van der Waals surface area contributed by atoms with Crippen LogP contribution < -0.4 is 10.9 Å². The molecule has 1 fully saturated rings. The van der Waals surface area contributed by atoms with Gasteiger partial charge in [-0.3, -0.25) is 24.3 Å². The Morgan fingerprint density at radius 1 is 1.00 bits per heavy atom. The Bertz CT molecular complexity index is 1530. The summed E-state index contributed by atoms with van der Waals surface area (Å²) in [6.45, 7) is 0.290. The topological polar surface area (TPSA) is 107 Å². The van der Waals surface area contributed by atoms with Crippen LogP contribution in [0.25, 0.3) is 10.9 Å². The molecule has 3 aromatic carbocycles. The summed E-state index contributed by atoms with van der Waals surface area (Å²) < 4.78 is 1.63. The molecule has 0 unspecified atom stereocenters. The van der Waals surface area contributed by atoms with Crippen molar-refractivity contribution in [3.63, 3.8) is 0 Å². The minimum Gasteiger partial charge on any atom is -0.349 e. The lowest BCUT2D eigenvalue weighted by molar-refractivity contribution is -0.384. The standard InChI is InChI=1S/C29H28N4O4S/c34-27(30-23-8-2-1-3-9-23)22-15-13-20(14-16-22)18-32-28(35)25-11-4-5-12-26(25)31-29(32)38-19-21-7-6-10-24(17-21)33(36)37/h4-7,10-17,23H,1-3,8-9,18-19H2,(H,30,34). The second kappa shape index (κ2) is 11.6. The van der Waals surface area contributed by atoms with Gasteiger partial charge in [-0.1, -0.05) is 67.4 Å². The Balaban J connectivity index is 1.38. The first-order valence-electron chi connectivity index (χ1n) is 12.7. The number of rotatable bonds is 8. The van der Waals surface area contributed by atoms with Crippen LogP contribution in [0.15, 0.2) is 82.7 Å². The highest BCUT2D eigenvalue weighted by Crippen LogP contribution is 2.25. The fourth-order valence-electron chi connectivity index (χ4n) is 4.76. The molecule has 0 spiro atoms. The van der Waals surface area contributed by atoms with E-state index >= 15 is 0 Å². The lowest BCUT2D eigenvalue weighted by atomic mass is 9.95. The summed E-state index contributed by atoms with van der Waals surface area (Å²) >= 11 is 1.36. The molecule has 5 rings (SSSR count). The number of aromatic nitrogens is 2. The van der Waals surface area contributed by atoms with Gasteiger partial charge in [0, 0.05) is 29.5 Å². The van der Waals surface area contributed by atoms with Crippen LogP contribution in [-0.4, -0.2) is 26.4 Å². The number of fused-ring (bicyclic) bond motifs is 1. The van der Waals surface area contributed by atoms with Crippen molar-refractivity contribution in [3.8, 4) is 0 Å². The Morgan fingerprint density at radius 3 is 2.53 bits per heavy atom. The number of amides is 1. The van der Waals surface area contributed by atoms with Gasteiger partial charge in [0.05, 0.1) is 22.4 Å². The van der Waals surface area contributed by atoms with Crippen molar-refractivity contribution in [2.45, 2.75) is 55.6 Å². The summed E-state index contributed by atoms with van der Waals surface area (Å²) in [5.74, 6) is 0.355. The minimum absolute atomic E-state index is 0.0274. The van der Waals surface area contributed by atoms with E-state index in [0.717, 1.165) is 36.8 Å². The van der Waals surface area contributed by atoms with E-state index in [9.17, 15) is 19.7 Å². The Kier molecular flexibility index (Phi) is 7.83. The highest BCUT2D eigenvalue weighted by atomic mass is 32.2. The highest BCUT2D eigenvalue weighted by Gasteiger charge is 2.17. The van der Waals surface area contributed by atoms with Crippen LogP contribution in [-0.2, 0) is 12.3 Å². The predicted octanol–water partition coefficient (Wildman–Crippen LogP) is 5.71. The van der Waals surface area contributed by atoms with Crippen LogP contribution in [0.1, 0.15) is 53.6 Å². The largest absolute Gasteiger partial charge is 0.349 e. The molecule has 1 heterocycles. The van der Waals surface area contributed by atoms with Gasteiger partial charge in [0.15, 0.2) is 5.16 Å². The third-order valence-electron chi connectivity index (χ3n) is 6.81. The summed E-state index contributed by atoms with van der Waals surface area (Å²) in [5.41, 5.74) is 2.71.